The molecule has 0 atom stereocenters. The van der Waals surface area contributed by atoms with Crippen molar-refractivity contribution in [3.05, 3.63) is 29.6 Å². The predicted octanol–water partition coefficient (Wildman–Crippen LogP) is 0.837. The van der Waals surface area contributed by atoms with Gasteiger partial charge in [0.2, 0.25) is 0 Å². The van der Waals surface area contributed by atoms with Gasteiger partial charge < -0.3 is 10.4 Å². The monoisotopic (exact) mass is 215 g/mol. The molecule has 0 saturated heterocycles. The topological polar surface area (TPSA) is 49.3 Å². The number of carbonyl (C=O) groups excluding carboxylic acids is 1. The van der Waals surface area contributed by atoms with Gasteiger partial charge in [-0.1, -0.05) is 0 Å². The minimum atomic E-state index is -0.599. The number of benzene rings is 1. The summed E-state index contributed by atoms with van der Waals surface area (Å²) in [6, 6.07) is 3.97. The fourth-order valence-electron chi connectivity index (χ4n) is 0.952. The molecule has 0 heterocycles. The van der Waals surface area contributed by atoms with Gasteiger partial charge in [-0.05, 0) is 18.2 Å². The Morgan fingerprint density at radius 2 is 2.29 bits per heavy atom. The van der Waals surface area contributed by atoms with Crippen LogP contribution in [0.4, 0.5) is 4.39 Å². The molecule has 1 aromatic carbocycles. The smallest absolute Gasteiger partial charge is 0.254 e. The van der Waals surface area contributed by atoms with Gasteiger partial charge in [-0.25, -0.2) is 4.39 Å². The molecule has 14 heavy (non-hydrogen) atoms. The molecule has 0 aromatic heterocycles. The Labute approximate surface area is 86.4 Å². The number of hydrogen-bond acceptors (Lipinski definition) is 3. The second-order valence-corrected chi connectivity index (χ2v) is 3.16. The lowest BCUT2D eigenvalue weighted by Crippen LogP contribution is -2.27. The molecule has 0 aliphatic carbocycles. The molecule has 0 saturated carbocycles. The summed E-state index contributed by atoms with van der Waals surface area (Å²) in [5.74, 6) is -1.15. The second-order valence-electron chi connectivity index (χ2n) is 2.64. The van der Waals surface area contributed by atoms with Crippen molar-refractivity contribution in [3.63, 3.8) is 0 Å². The summed E-state index contributed by atoms with van der Waals surface area (Å²) in [4.78, 5) is 11.8. The van der Waals surface area contributed by atoms with E-state index in [1.54, 1.807) is 0 Å². The number of amides is 1. The third kappa shape index (κ3) is 2.71. The van der Waals surface area contributed by atoms with Gasteiger partial charge in [0.15, 0.2) is 0 Å². The highest BCUT2D eigenvalue weighted by Gasteiger charge is 2.10. The Kier molecular flexibility index (Phi) is 3.91. The molecule has 0 radical (unpaired) electrons. The van der Waals surface area contributed by atoms with E-state index in [1.165, 1.54) is 18.2 Å². The molecule has 5 heteroatoms. The maximum absolute atomic E-state index is 13.1. The van der Waals surface area contributed by atoms with Crippen LogP contribution in [0.3, 0.4) is 0 Å². The van der Waals surface area contributed by atoms with Gasteiger partial charge in [0.05, 0.1) is 12.2 Å². The van der Waals surface area contributed by atoms with Crippen molar-refractivity contribution < 1.29 is 14.3 Å². The highest BCUT2D eigenvalue weighted by atomic mass is 32.1. The number of aliphatic hydroxyl groups is 1. The summed E-state index contributed by atoms with van der Waals surface area (Å²) in [5, 5.41) is 10.8. The fraction of sp³-hybridized carbons (Fsp3) is 0.222. The standard InChI is InChI=1S/C9H10FNO2S/c10-8-2-1-6(14)5-7(8)9(13)11-3-4-12/h1-2,5,12,14H,3-4H2,(H,11,13). The molecule has 2 N–H and O–H groups in total. The molecule has 0 bridgehead atoms. The molecule has 0 spiro atoms. The first-order valence-corrected chi connectivity index (χ1v) is 4.47. The number of halogens is 1. The average molecular weight is 215 g/mol. The van der Waals surface area contributed by atoms with E-state index < -0.39 is 11.7 Å². The SMILES string of the molecule is O=C(NCCO)c1cc(S)ccc1F. The minimum Gasteiger partial charge on any atom is -0.395 e. The number of nitrogens with one attached hydrogen (secondary N) is 1. The first-order valence-electron chi connectivity index (χ1n) is 4.02. The molecule has 1 rings (SSSR count). The Morgan fingerprint density at radius 1 is 1.57 bits per heavy atom. The molecular formula is C9H10FNO2S. The molecule has 76 valence electrons. The van der Waals surface area contributed by atoms with Crippen LogP contribution in [0.1, 0.15) is 10.4 Å². The van der Waals surface area contributed by atoms with Crippen molar-refractivity contribution in [1.82, 2.24) is 5.32 Å². The van der Waals surface area contributed by atoms with E-state index in [2.05, 4.69) is 17.9 Å². The Balaban J connectivity index is 2.83. The van der Waals surface area contributed by atoms with Crippen LogP contribution in [0.5, 0.6) is 0 Å². The van der Waals surface area contributed by atoms with E-state index in [0.29, 0.717) is 4.90 Å². The predicted molar refractivity (Wildman–Crippen MR) is 53.1 cm³/mol. The summed E-state index contributed by atoms with van der Waals surface area (Å²) >= 11 is 3.99. The summed E-state index contributed by atoms with van der Waals surface area (Å²) in [5.41, 5.74) is -0.0639. The van der Waals surface area contributed by atoms with Crippen molar-refractivity contribution >= 4 is 18.5 Å². The van der Waals surface area contributed by atoms with Crippen molar-refractivity contribution in [2.45, 2.75) is 4.90 Å². The van der Waals surface area contributed by atoms with Crippen LogP contribution in [0.15, 0.2) is 23.1 Å². The van der Waals surface area contributed by atoms with Crippen LogP contribution in [0.25, 0.3) is 0 Å². The van der Waals surface area contributed by atoms with E-state index in [4.69, 9.17) is 5.11 Å². The molecule has 0 aliphatic heterocycles. The van der Waals surface area contributed by atoms with Crippen molar-refractivity contribution in [2.24, 2.45) is 0 Å². The van der Waals surface area contributed by atoms with Crippen LogP contribution in [-0.2, 0) is 0 Å². The second kappa shape index (κ2) is 4.97. The zero-order chi connectivity index (χ0) is 10.6. The van der Waals surface area contributed by atoms with Crippen LogP contribution in [-0.4, -0.2) is 24.2 Å². The van der Waals surface area contributed by atoms with Crippen LogP contribution >= 0.6 is 12.6 Å². The average Bonchev–Trinajstić information content (AvgIpc) is 2.18. The number of hydrogen-bond donors (Lipinski definition) is 3. The van der Waals surface area contributed by atoms with E-state index >= 15 is 0 Å². The van der Waals surface area contributed by atoms with Crippen LogP contribution in [0, 0.1) is 5.82 Å². The summed E-state index contributed by atoms with van der Waals surface area (Å²) < 4.78 is 13.1. The summed E-state index contributed by atoms with van der Waals surface area (Å²) in [6.45, 7) is -0.0665. The lowest BCUT2D eigenvalue weighted by molar-refractivity contribution is 0.0940. The van der Waals surface area contributed by atoms with Gasteiger partial charge in [0, 0.05) is 11.4 Å². The first kappa shape index (κ1) is 11.0. The van der Waals surface area contributed by atoms with Crippen molar-refractivity contribution in [3.8, 4) is 0 Å². The summed E-state index contributed by atoms with van der Waals surface area (Å²) in [7, 11) is 0. The normalized spacial score (nSPS) is 9.93. The third-order valence-electron chi connectivity index (χ3n) is 1.59. The Bertz CT molecular complexity index is 344. The summed E-state index contributed by atoms with van der Waals surface area (Å²) in [6.07, 6.45) is 0. The van der Waals surface area contributed by atoms with Gasteiger partial charge in [-0.3, -0.25) is 4.79 Å². The lowest BCUT2D eigenvalue weighted by atomic mass is 10.2. The van der Waals surface area contributed by atoms with E-state index in [9.17, 15) is 9.18 Å². The van der Waals surface area contributed by atoms with Gasteiger partial charge in [-0.15, -0.1) is 12.6 Å². The molecule has 0 aliphatic rings. The van der Waals surface area contributed by atoms with Gasteiger partial charge in [0.25, 0.3) is 5.91 Å². The Hall–Kier alpha value is -1.07. The van der Waals surface area contributed by atoms with Gasteiger partial charge >= 0.3 is 0 Å². The largest absolute Gasteiger partial charge is 0.395 e. The molecule has 0 fully saturated rings. The first-order chi connectivity index (χ1) is 6.65. The maximum atomic E-state index is 13.1. The zero-order valence-corrected chi connectivity index (χ0v) is 8.22. The van der Waals surface area contributed by atoms with Crippen molar-refractivity contribution in [2.75, 3.05) is 13.2 Å². The zero-order valence-electron chi connectivity index (χ0n) is 7.33. The molecular weight excluding hydrogens is 205 g/mol. The Morgan fingerprint density at radius 3 is 2.93 bits per heavy atom. The van der Waals surface area contributed by atoms with E-state index in [1.807, 2.05) is 0 Å². The molecule has 3 nitrogen and oxygen atoms in total. The van der Waals surface area contributed by atoms with E-state index in [-0.39, 0.29) is 18.7 Å². The minimum absolute atomic E-state index is 0.0639. The van der Waals surface area contributed by atoms with E-state index in [0.717, 1.165) is 0 Å². The number of rotatable bonds is 3. The number of aliphatic hydroxyl groups excluding tert-OH is 1. The third-order valence-corrected chi connectivity index (χ3v) is 1.87. The van der Waals surface area contributed by atoms with Gasteiger partial charge in [-0.2, -0.15) is 0 Å². The van der Waals surface area contributed by atoms with Gasteiger partial charge in [0.1, 0.15) is 5.82 Å². The maximum Gasteiger partial charge on any atom is 0.254 e. The molecule has 0 unspecified atom stereocenters. The fourth-order valence-corrected chi connectivity index (χ4v) is 1.16. The highest BCUT2D eigenvalue weighted by molar-refractivity contribution is 7.80. The number of carbonyl (C=O) groups is 1. The van der Waals surface area contributed by atoms with Crippen LogP contribution in [0.2, 0.25) is 0 Å². The molecule has 1 aromatic rings. The highest BCUT2D eigenvalue weighted by Crippen LogP contribution is 2.13. The number of thiol groups is 1. The quantitative estimate of drug-likeness (QED) is 0.654. The van der Waals surface area contributed by atoms with Crippen LogP contribution < -0.4 is 5.32 Å². The molecule has 1 amide bonds. The lowest BCUT2D eigenvalue weighted by Gasteiger charge is -2.04. The van der Waals surface area contributed by atoms with Crippen molar-refractivity contribution in [1.29, 1.82) is 0 Å².